The largest absolute Gasteiger partial charge is 0.463 e. The Hall–Kier alpha value is -4.97. The van der Waals surface area contributed by atoms with Crippen molar-refractivity contribution < 1.29 is 14.3 Å². The van der Waals surface area contributed by atoms with Gasteiger partial charge in [-0.3, -0.25) is 4.79 Å². The molecule has 204 valence electrons. The molecule has 1 aliphatic heterocycles. The van der Waals surface area contributed by atoms with Crippen molar-refractivity contribution in [2.75, 3.05) is 11.6 Å². The van der Waals surface area contributed by atoms with Crippen LogP contribution < -0.4 is 10.3 Å². The number of amides is 1. The minimum absolute atomic E-state index is 0.172. The summed E-state index contributed by atoms with van der Waals surface area (Å²) in [5.74, 6) is -1.21. The Morgan fingerprint density at radius 2 is 1.46 bits per heavy atom. The Morgan fingerprint density at radius 1 is 0.878 bits per heavy atom. The lowest BCUT2D eigenvalue weighted by Gasteiger charge is -2.33. The lowest BCUT2D eigenvalue weighted by Crippen LogP contribution is -2.44. The number of hydrogen-bond donors (Lipinski definition) is 1. The number of hydrogen-bond acceptors (Lipinski definition) is 5. The predicted molar refractivity (Wildman–Crippen MR) is 160 cm³/mol. The van der Waals surface area contributed by atoms with Gasteiger partial charge in [0.1, 0.15) is 5.41 Å². The molecule has 1 aliphatic carbocycles. The van der Waals surface area contributed by atoms with Crippen molar-refractivity contribution in [1.82, 2.24) is 5.32 Å². The van der Waals surface area contributed by atoms with Crippen LogP contribution in [0.15, 0.2) is 138 Å². The van der Waals surface area contributed by atoms with Crippen LogP contribution in [0.3, 0.4) is 0 Å². The van der Waals surface area contributed by atoms with Gasteiger partial charge in [0, 0.05) is 24.6 Å². The number of hydrazone groups is 1. The Balaban J connectivity index is 1.56. The zero-order chi connectivity index (χ0) is 28.2. The number of carbonyl (C=O) groups is 2. The maximum absolute atomic E-state index is 14.8. The number of esters is 1. The summed E-state index contributed by atoms with van der Waals surface area (Å²) in [6.45, 7) is 2.53. The third kappa shape index (κ3) is 4.72. The van der Waals surface area contributed by atoms with Crippen LogP contribution in [-0.4, -0.2) is 24.2 Å². The first-order valence-corrected chi connectivity index (χ1v) is 13.9. The molecule has 0 bridgehead atoms. The van der Waals surface area contributed by atoms with Crippen molar-refractivity contribution in [3.63, 3.8) is 0 Å². The van der Waals surface area contributed by atoms with Gasteiger partial charge in [-0.25, -0.2) is 4.79 Å². The zero-order valence-corrected chi connectivity index (χ0v) is 22.9. The van der Waals surface area contributed by atoms with Crippen LogP contribution in [0.5, 0.6) is 0 Å². The molecule has 0 fully saturated rings. The average molecular weight is 542 g/mol. The number of ether oxygens (including phenoxy) is 1. The van der Waals surface area contributed by atoms with Crippen LogP contribution >= 0.6 is 0 Å². The standard InChI is InChI=1S/C35H31N3O3/c1-2-41-33(39)30-29(36-24-25-15-7-3-8-16-25)23-35(31(30)26-17-9-4-10-18-26)32(27-19-11-5-12-20-27)37-38(34(35)40)28-21-13-6-14-22-28/h3-22,31,36H,2,23-24H2,1H3. The Morgan fingerprint density at radius 3 is 2.10 bits per heavy atom. The molecule has 1 N–H and O–H groups in total. The van der Waals surface area contributed by atoms with E-state index in [0.29, 0.717) is 29.2 Å². The smallest absolute Gasteiger partial charge is 0.336 e. The first-order valence-electron chi connectivity index (χ1n) is 13.9. The van der Waals surface area contributed by atoms with Crippen LogP contribution in [0.2, 0.25) is 0 Å². The number of allylic oxidation sites excluding steroid dienone is 1. The van der Waals surface area contributed by atoms with Gasteiger partial charge in [-0.1, -0.05) is 109 Å². The van der Waals surface area contributed by atoms with Crippen molar-refractivity contribution >= 4 is 23.3 Å². The van der Waals surface area contributed by atoms with E-state index in [1.165, 1.54) is 5.01 Å². The number of para-hydroxylation sites is 1. The first kappa shape index (κ1) is 26.3. The van der Waals surface area contributed by atoms with E-state index in [1.54, 1.807) is 6.92 Å². The van der Waals surface area contributed by atoms with Gasteiger partial charge >= 0.3 is 5.97 Å². The fourth-order valence-corrected chi connectivity index (χ4v) is 6.01. The number of nitrogens with one attached hydrogen (secondary N) is 1. The summed E-state index contributed by atoms with van der Waals surface area (Å²) in [7, 11) is 0. The van der Waals surface area contributed by atoms with Gasteiger partial charge in [0.25, 0.3) is 5.91 Å². The Kier molecular flexibility index (Phi) is 7.21. The predicted octanol–water partition coefficient (Wildman–Crippen LogP) is 6.22. The molecule has 6 nitrogen and oxygen atoms in total. The first-order chi connectivity index (χ1) is 20.1. The fourth-order valence-electron chi connectivity index (χ4n) is 6.01. The van der Waals surface area contributed by atoms with Gasteiger partial charge in [0.2, 0.25) is 0 Å². The molecule has 4 aromatic carbocycles. The maximum atomic E-state index is 14.8. The average Bonchev–Trinajstić information content (AvgIpc) is 3.52. The summed E-state index contributed by atoms with van der Waals surface area (Å²) in [5, 5.41) is 10.0. The van der Waals surface area contributed by atoms with E-state index in [9.17, 15) is 9.59 Å². The highest BCUT2D eigenvalue weighted by atomic mass is 16.5. The number of anilines is 1. The molecule has 1 heterocycles. The monoisotopic (exact) mass is 541 g/mol. The maximum Gasteiger partial charge on any atom is 0.336 e. The summed E-state index contributed by atoms with van der Waals surface area (Å²) in [5.41, 5.74) is 4.10. The summed E-state index contributed by atoms with van der Waals surface area (Å²) in [6, 6.07) is 39.0. The second kappa shape index (κ2) is 11.3. The second-order valence-electron chi connectivity index (χ2n) is 10.2. The van der Waals surface area contributed by atoms with Crippen molar-refractivity contribution in [2.45, 2.75) is 25.8 Å². The number of rotatable bonds is 8. The van der Waals surface area contributed by atoms with Crippen LogP contribution in [0.4, 0.5) is 5.69 Å². The lowest BCUT2D eigenvalue weighted by molar-refractivity contribution is -0.139. The number of nitrogens with zero attached hydrogens (tertiary/aromatic N) is 2. The molecule has 4 aromatic rings. The topological polar surface area (TPSA) is 71.0 Å². The van der Waals surface area contributed by atoms with Gasteiger partial charge < -0.3 is 10.1 Å². The van der Waals surface area contributed by atoms with Gasteiger partial charge in [-0.2, -0.15) is 10.1 Å². The highest BCUT2D eigenvalue weighted by Gasteiger charge is 2.63. The van der Waals surface area contributed by atoms with E-state index in [4.69, 9.17) is 9.84 Å². The minimum Gasteiger partial charge on any atom is -0.463 e. The van der Waals surface area contributed by atoms with E-state index >= 15 is 0 Å². The highest BCUT2D eigenvalue weighted by molar-refractivity contribution is 6.27. The molecule has 1 spiro atoms. The van der Waals surface area contributed by atoms with Crippen molar-refractivity contribution in [1.29, 1.82) is 0 Å². The molecule has 2 atom stereocenters. The fraction of sp³-hybridized carbons (Fsp3) is 0.171. The molecule has 1 amide bonds. The molecule has 2 unspecified atom stereocenters. The summed E-state index contributed by atoms with van der Waals surface area (Å²) >= 11 is 0. The minimum atomic E-state index is -1.17. The van der Waals surface area contributed by atoms with Gasteiger partial charge in [-0.15, -0.1) is 0 Å². The zero-order valence-electron chi connectivity index (χ0n) is 22.9. The second-order valence-corrected chi connectivity index (χ2v) is 10.2. The number of carbonyl (C=O) groups excluding carboxylic acids is 2. The van der Waals surface area contributed by atoms with Gasteiger partial charge in [-0.05, 0) is 35.7 Å². The van der Waals surface area contributed by atoms with Crippen LogP contribution in [0.1, 0.15) is 36.0 Å². The SMILES string of the molecule is CCOC(=O)C1=C(NCc2ccccc2)CC2(C(=O)N(c3ccccc3)N=C2c2ccccc2)C1c1ccccc1. The van der Waals surface area contributed by atoms with Crippen molar-refractivity contribution in [2.24, 2.45) is 10.5 Å². The van der Waals surface area contributed by atoms with Crippen LogP contribution in [0, 0.1) is 5.41 Å². The third-order valence-corrected chi connectivity index (χ3v) is 7.78. The quantitative estimate of drug-likeness (QED) is 0.269. The normalized spacial score (nSPS) is 19.9. The van der Waals surface area contributed by atoms with Crippen molar-refractivity contribution in [3.05, 3.63) is 149 Å². The molecule has 2 aliphatic rings. The molecule has 0 aromatic heterocycles. The molecular weight excluding hydrogens is 510 g/mol. The Bertz CT molecular complexity index is 1600. The molecule has 6 rings (SSSR count). The Labute approximate surface area is 240 Å². The number of benzene rings is 4. The van der Waals surface area contributed by atoms with E-state index in [-0.39, 0.29) is 18.9 Å². The van der Waals surface area contributed by atoms with Crippen LogP contribution in [-0.2, 0) is 20.9 Å². The van der Waals surface area contributed by atoms with E-state index < -0.39 is 17.3 Å². The van der Waals surface area contributed by atoms with Crippen LogP contribution in [0.25, 0.3) is 0 Å². The molecule has 6 heteroatoms. The lowest BCUT2D eigenvalue weighted by atomic mass is 9.66. The molecule has 41 heavy (non-hydrogen) atoms. The highest BCUT2D eigenvalue weighted by Crippen LogP contribution is 2.57. The molecule has 0 radical (unpaired) electrons. The summed E-state index contributed by atoms with van der Waals surface area (Å²) in [6.07, 6.45) is 0.281. The summed E-state index contributed by atoms with van der Waals surface area (Å²) in [4.78, 5) is 28.7. The van der Waals surface area contributed by atoms with E-state index in [0.717, 1.165) is 16.7 Å². The molecular formula is C35H31N3O3. The summed E-state index contributed by atoms with van der Waals surface area (Å²) < 4.78 is 5.65. The molecule has 0 saturated heterocycles. The van der Waals surface area contributed by atoms with Crippen molar-refractivity contribution in [3.8, 4) is 0 Å². The van der Waals surface area contributed by atoms with Gasteiger partial charge in [0.15, 0.2) is 0 Å². The van der Waals surface area contributed by atoms with Gasteiger partial charge in [0.05, 0.1) is 23.6 Å². The van der Waals surface area contributed by atoms with E-state index in [2.05, 4.69) is 5.32 Å². The van der Waals surface area contributed by atoms with E-state index in [1.807, 2.05) is 121 Å². The third-order valence-electron chi connectivity index (χ3n) is 7.78. The molecule has 0 saturated carbocycles.